The minimum absolute atomic E-state index is 0.0298. The predicted molar refractivity (Wildman–Crippen MR) is 149 cm³/mol. The summed E-state index contributed by atoms with van der Waals surface area (Å²) in [6, 6.07) is 11.0. The molecule has 0 aliphatic carbocycles. The molecule has 5 heterocycles. The van der Waals surface area contributed by atoms with E-state index in [-0.39, 0.29) is 29.3 Å². The zero-order valence-corrected chi connectivity index (χ0v) is 22.5. The maximum Gasteiger partial charge on any atom is 0.253 e. The smallest absolute Gasteiger partial charge is 0.253 e. The second kappa shape index (κ2) is 9.53. The highest BCUT2D eigenvalue weighted by atomic mass is 32.1. The molecular formula is C29H25F2N7OS. The number of anilines is 2. The molecule has 0 radical (unpaired) electrons. The van der Waals surface area contributed by atoms with Crippen molar-refractivity contribution in [3.05, 3.63) is 87.6 Å². The summed E-state index contributed by atoms with van der Waals surface area (Å²) in [5.41, 5.74) is 4.26. The van der Waals surface area contributed by atoms with Crippen molar-refractivity contribution in [2.45, 2.75) is 31.8 Å². The van der Waals surface area contributed by atoms with Gasteiger partial charge in [-0.15, -0.1) is 0 Å². The first-order valence-corrected chi connectivity index (χ1v) is 13.9. The summed E-state index contributed by atoms with van der Waals surface area (Å²) in [5, 5.41) is 6.74. The molecule has 3 aliphatic heterocycles. The van der Waals surface area contributed by atoms with Crippen molar-refractivity contribution in [2.75, 3.05) is 25.0 Å². The Morgan fingerprint density at radius 3 is 2.60 bits per heavy atom. The van der Waals surface area contributed by atoms with Gasteiger partial charge in [0, 0.05) is 41.7 Å². The van der Waals surface area contributed by atoms with E-state index in [0.717, 1.165) is 55.3 Å². The molecule has 2 fully saturated rings. The van der Waals surface area contributed by atoms with Crippen LogP contribution in [0.4, 0.5) is 20.4 Å². The van der Waals surface area contributed by atoms with Crippen LogP contribution in [-0.4, -0.2) is 56.0 Å². The summed E-state index contributed by atoms with van der Waals surface area (Å²) < 4.78 is 33.9. The number of nitrogens with one attached hydrogen (secondary N) is 2. The van der Waals surface area contributed by atoms with Crippen LogP contribution in [0.3, 0.4) is 0 Å². The van der Waals surface area contributed by atoms with E-state index < -0.39 is 11.6 Å². The Kier molecular flexibility index (Phi) is 5.93. The van der Waals surface area contributed by atoms with Crippen LogP contribution < -0.4 is 10.6 Å². The van der Waals surface area contributed by atoms with Crippen LogP contribution in [-0.2, 0) is 6.54 Å². The normalized spacial score (nSPS) is 17.1. The van der Waals surface area contributed by atoms with Gasteiger partial charge < -0.3 is 15.5 Å². The summed E-state index contributed by atoms with van der Waals surface area (Å²) in [5.74, 6) is -0.976. The number of rotatable bonds is 4. The van der Waals surface area contributed by atoms with E-state index in [1.54, 1.807) is 18.3 Å². The summed E-state index contributed by atoms with van der Waals surface area (Å²) in [4.78, 5) is 29.2. The summed E-state index contributed by atoms with van der Waals surface area (Å²) in [6.45, 7) is 4.54. The van der Waals surface area contributed by atoms with Crippen LogP contribution in [0.2, 0.25) is 0 Å². The number of benzene rings is 2. The fourth-order valence-electron chi connectivity index (χ4n) is 5.74. The fraction of sp³-hybridized carbons (Fsp3) is 0.276. The first-order chi connectivity index (χ1) is 19.4. The molecule has 11 heteroatoms. The second-order valence-corrected chi connectivity index (χ2v) is 11.2. The van der Waals surface area contributed by atoms with Crippen LogP contribution in [0, 0.1) is 18.6 Å². The summed E-state index contributed by atoms with van der Waals surface area (Å²) >= 11 is 1.14. The molecule has 202 valence electrons. The van der Waals surface area contributed by atoms with Crippen molar-refractivity contribution < 1.29 is 13.6 Å². The van der Waals surface area contributed by atoms with E-state index >= 15 is 0 Å². The van der Waals surface area contributed by atoms with E-state index in [4.69, 9.17) is 4.98 Å². The van der Waals surface area contributed by atoms with Gasteiger partial charge in [0.2, 0.25) is 5.95 Å². The molecule has 0 bridgehead atoms. The van der Waals surface area contributed by atoms with E-state index in [9.17, 15) is 13.6 Å². The number of carbonyl (C=O) groups is 1. The van der Waals surface area contributed by atoms with Gasteiger partial charge in [-0.3, -0.25) is 9.79 Å². The number of likely N-dealkylation sites (tertiary alicyclic amines) is 1. The molecule has 7 rings (SSSR count). The average molecular weight is 558 g/mol. The molecule has 2 aromatic carbocycles. The Hall–Kier alpha value is -4.09. The van der Waals surface area contributed by atoms with Crippen molar-refractivity contribution in [1.29, 1.82) is 0 Å². The molecule has 1 amide bonds. The van der Waals surface area contributed by atoms with Gasteiger partial charge in [0.1, 0.15) is 11.6 Å². The quantitative estimate of drug-likeness (QED) is 0.372. The first-order valence-electron chi connectivity index (χ1n) is 13.1. The third kappa shape index (κ3) is 4.16. The van der Waals surface area contributed by atoms with E-state index in [1.165, 1.54) is 18.2 Å². The van der Waals surface area contributed by atoms with Crippen LogP contribution in [0.5, 0.6) is 0 Å². The van der Waals surface area contributed by atoms with Crippen molar-refractivity contribution in [1.82, 2.24) is 24.6 Å². The van der Waals surface area contributed by atoms with E-state index in [0.29, 0.717) is 33.3 Å². The standard InChI is InChI=1S/C29H25F2N7OS/c1-16-22-24-18(12-32-25(26(22)40-37-16)23-20(30)4-2-5-21(23)31)13-33-28(36-24)35-19-8-6-17(7-9-19)27(39)38-14-29(15-38)10-3-11-34-29/h2,4-9,13,34H,3,10-12,14-15H2,1H3,(H,33,35,36). The molecule has 0 saturated carbocycles. The van der Waals surface area contributed by atoms with Crippen molar-refractivity contribution in [3.8, 4) is 11.3 Å². The largest absolute Gasteiger partial charge is 0.335 e. The van der Waals surface area contributed by atoms with Gasteiger partial charge in [0.15, 0.2) is 0 Å². The van der Waals surface area contributed by atoms with Crippen LogP contribution in [0.25, 0.3) is 11.3 Å². The summed E-state index contributed by atoms with van der Waals surface area (Å²) in [7, 11) is 0. The molecule has 2 N–H and O–H groups in total. The Balaban J connectivity index is 1.13. The molecule has 0 unspecified atom stereocenters. The van der Waals surface area contributed by atoms with Crippen LogP contribution >= 0.6 is 11.5 Å². The lowest BCUT2D eigenvalue weighted by Crippen LogP contribution is -2.67. The SMILES string of the molecule is Cc1nsc2c1-c1nc(Nc3ccc(C(=O)N4CC5(CCCN5)C4)cc3)ncc1CN=C2c1c(F)cccc1F. The molecule has 1 spiro atoms. The van der Waals surface area contributed by atoms with E-state index in [2.05, 4.69) is 25.0 Å². The first kappa shape index (κ1) is 24.9. The van der Waals surface area contributed by atoms with Gasteiger partial charge >= 0.3 is 0 Å². The molecule has 0 atom stereocenters. The Labute approximate surface area is 233 Å². The third-order valence-corrected chi connectivity index (χ3v) is 8.73. The number of nitrogens with zero attached hydrogens (tertiary/aromatic N) is 5. The van der Waals surface area contributed by atoms with Crippen molar-refractivity contribution in [3.63, 3.8) is 0 Å². The molecule has 2 saturated heterocycles. The van der Waals surface area contributed by atoms with Gasteiger partial charge in [0.25, 0.3) is 5.91 Å². The molecule has 40 heavy (non-hydrogen) atoms. The number of halogens is 2. The van der Waals surface area contributed by atoms with Gasteiger partial charge in [-0.25, -0.2) is 18.7 Å². The highest BCUT2D eigenvalue weighted by molar-refractivity contribution is 7.09. The summed E-state index contributed by atoms with van der Waals surface area (Å²) in [6.07, 6.45) is 3.95. The Morgan fingerprint density at radius 2 is 1.88 bits per heavy atom. The van der Waals surface area contributed by atoms with Crippen LogP contribution in [0.15, 0.2) is 53.7 Å². The Morgan fingerprint density at radius 1 is 1.10 bits per heavy atom. The number of hydrogen-bond acceptors (Lipinski definition) is 8. The lowest BCUT2D eigenvalue weighted by Gasteiger charge is -2.48. The van der Waals surface area contributed by atoms with Crippen molar-refractivity contribution in [2.24, 2.45) is 4.99 Å². The number of aromatic nitrogens is 3. The minimum atomic E-state index is -0.680. The lowest BCUT2D eigenvalue weighted by molar-refractivity contribution is 0.0354. The molecule has 8 nitrogen and oxygen atoms in total. The number of carbonyl (C=O) groups excluding carboxylic acids is 1. The zero-order valence-electron chi connectivity index (χ0n) is 21.7. The van der Waals surface area contributed by atoms with Crippen LogP contribution in [0.1, 0.15) is 44.9 Å². The minimum Gasteiger partial charge on any atom is -0.335 e. The highest BCUT2D eigenvalue weighted by Gasteiger charge is 2.46. The van der Waals surface area contributed by atoms with Gasteiger partial charge in [-0.1, -0.05) is 6.07 Å². The maximum atomic E-state index is 14.7. The number of aliphatic imine (C=N–C) groups is 1. The molecule has 3 aliphatic rings. The molecular weight excluding hydrogens is 532 g/mol. The van der Waals surface area contributed by atoms with Gasteiger partial charge in [0.05, 0.1) is 39.6 Å². The maximum absolute atomic E-state index is 14.7. The van der Waals surface area contributed by atoms with Gasteiger partial charge in [-0.05, 0) is 74.2 Å². The third-order valence-electron chi connectivity index (χ3n) is 7.78. The molecule has 4 aromatic rings. The zero-order chi connectivity index (χ0) is 27.4. The number of fused-ring (bicyclic) bond motifs is 3. The lowest BCUT2D eigenvalue weighted by atomic mass is 9.88. The van der Waals surface area contributed by atoms with E-state index in [1.807, 2.05) is 24.0 Å². The monoisotopic (exact) mass is 557 g/mol. The molecule has 2 aromatic heterocycles. The average Bonchev–Trinajstić information content (AvgIpc) is 3.54. The fourth-order valence-corrected chi connectivity index (χ4v) is 6.64. The number of hydrogen-bond donors (Lipinski definition) is 2. The Bertz CT molecular complexity index is 1650. The number of amides is 1. The topological polar surface area (TPSA) is 95.4 Å². The van der Waals surface area contributed by atoms with Gasteiger partial charge in [-0.2, -0.15) is 4.37 Å². The highest BCUT2D eigenvalue weighted by Crippen LogP contribution is 2.37. The second-order valence-electron chi connectivity index (χ2n) is 10.5. The number of aryl methyl sites for hydroxylation is 1. The van der Waals surface area contributed by atoms with Crippen molar-refractivity contribution >= 4 is 34.8 Å². The predicted octanol–water partition coefficient (Wildman–Crippen LogP) is 4.86.